The third-order valence-electron chi connectivity index (χ3n) is 2.57. The molecule has 20 heavy (non-hydrogen) atoms. The molecule has 2 rings (SSSR count). The molecule has 0 bridgehead atoms. The molecule has 0 amide bonds. The first-order chi connectivity index (χ1) is 9.38. The number of carbonyl (C=O) groups is 1. The van der Waals surface area contributed by atoms with Crippen LogP contribution in [-0.4, -0.2) is 11.1 Å². The molecule has 2 aromatic carbocycles. The average molecular weight is 299 g/mol. The van der Waals surface area contributed by atoms with E-state index in [1.54, 1.807) is 0 Å². The van der Waals surface area contributed by atoms with Crippen LogP contribution < -0.4 is 11.1 Å². The molecule has 0 aromatic heterocycles. The molecule has 104 valence electrons. The summed E-state index contributed by atoms with van der Waals surface area (Å²) in [6, 6.07) is 5.55. The lowest BCUT2D eigenvalue weighted by Gasteiger charge is -2.11. The van der Waals surface area contributed by atoms with Crippen LogP contribution >= 0.6 is 11.6 Å². The van der Waals surface area contributed by atoms with Crippen molar-refractivity contribution in [2.24, 2.45) is 0 Å². The van der Waals surface area contributed by atoms with Gasteiger partial charge in [0.25, 0.3) is 0 Å². The number of aromatic carboxylic acids is 1. The first kappa shape index (κ1) is 14.1. The number of carboxylic acids is 1. The third-order valence-corrected chi connectivity index (χ3v) is 2.80. The normalized spacial score (nSPS) is 10.3. The molecule has 7 heteroatoms. The van der Waals surface area contributed by atoms with Gasteiger partial charge in [0, 0.05) is 10.7 Å². The summed E-state index contributed by atoms with van der Waals surface area (Å²) in [5.74, 6) is -2.76. The fourth-order valence-electron chi connectivity index (χ4n) is 1.61. The average Bonchev–Trinajstić information content (AvgIpc) is 2.36. The van der Waals surface area contributed by atoms with Crippen molar-refractivity contribution in [1.29, 1.82) is 0 Å². The van der Waals surface area contributed by atoms with E-state index in [4.69, 9.17) is 22.4 Å². The topological polar surface area (TPSA) is 75.3 Å². The van der Waals surface area contributed by atoms with E-state index < -0.39 is 17.6 Å². The minimum absolute atomic E-state index is 0.0717. The van der Waals surface area contributed by atoms with Gasteiger partial charge in [-0.3, -0.25) is 0 Å². The van der Waals surface area contributed by atoms with Gasteiger partial charge in [0.05, 0.1) is 16.9 Å². The standard InChI is InChI=1S/C13H9ClF2N2O2/c14-6-1-2-8(15)11(3-6)18-12-4-7(13(19)20)10(17)5-9(12)16/h1-5,18H,17H2,(H,19,20). The van der Waals surface area contributed by atoms with Crippen molar-refractivity contribution in [3.05, 3.63) is 52.6 Å². The zero-order valence-corrected chi connectivity index (χ0v) is 10.7. The van der Waals surface area contributed by atoms with Gasteiger partial charge in [0.1, 0.15) is 11.6 Å². The molecule has 4 nitrogen and oxygen atoms in total. The van der Waals surface area contributed by atoms with E-state index in [1.807, 2.05) is 0 Å². The summed E-state index contributed by atoms with van der Waals surface area (Å²) < 4.78 is 27.3. The van der Waals surface area contributed by atoms with Crippen LogP contribution in [0.1, 0.15) is 10.4 Å². The predicted octanol–water partition coefficient (Wildman–Crippen LogP) is 3.64. The van der Waals surface area contributed by atoms with Gasteiger partial charge in [-0.15, -0.1) is 0 Å². The molecule has 4 N–H and O–H groups in total. The Morgan fingerprint density at radius 2 is 1.80 bits per heavy atom. The Kier molecular flexibility index (Phi) is 3.76. The van der Waals surface area contributed by atoms with E-state index in [0.717, 1.165) is 18.2 Å². The van der Waals surface area contributed by atoms with Crippen molar-refractivity contribution >= 4 is 34.6 Å². The predicted molar refractivity (Wildman–Crippen MR) is 72.5 cm³/mol. The number of nitrogens with one attached hydrogen (secondary N) is 1. The minimum atomic E-state index is -1.31. The van der Waals surface area contributed by atoms with Gasteiger partial charge in [-0.1, -0.05) is 11.6 Å². The van der Waals surface area contributed by atoms with Crippen LogP contribution in [0.3, 0.4) is 0 Å². The van der Waals surface area contributed by atoms with Crippen LogP contribution in [-0.2, 0) is 0 Å². The molecule has 0 saturated carbocycles. The second-order valence-corrected chi connectivity index (χ2v) is 4.41. The summed E-state index contributed by atoms with van der Waals surface area (Å²) in [6.07, 6.45) is 0. The van der Waals surface area contributed by atoms with E-state index in [9.17, 15) is 13.6 Å². The van der Waals surface area contributed by atoms with E-state index in [-0.39, 0.29) is 27.6 Å². The summed E-state index contributed by atoms with van der Waals surface area (Å²) in [5.41, 5.74) is 4.62. The molecule has 0 aliphatic heterocycles. The minimum Gasteiger partial charge on any atom is -0.478 e. The summed E-state index contributed by atoms with van der Waals surface area (Å²) in [5, 5.41) is 11.6. The van der Waals surface area contributed by atoms with Crippen molar-refractivity contribution in [2.75, 3.05) is 11.1 Å². The maximum Gasteiger partial charge on any atom is 0.337 e. The summed E-state index contributed by atoms with van der Waals surface area (Å²) in [6.45, 7) is 0. The number of benzene rings is 2. The van der Waals surface area contributed by atoms with Crippen LogP contribution in [0, 0.1) is 11.6 Å². The lowest BCUT2D eigenvalue weighted by Crippen LogP contribution is -2.05. The second-order valence-electron chi connectivity index (χ2n) is 3.97. The van der Waals surface area contributed by atoms with E-state index in [1.165, 1.54) is 12.1 Å². The van der Waals surface area contributed by atoms with Crippen LogP contribution in [0.15, 0.2) is 30.3 Å². The lowest BCUT2D eigenvalue weighted by molar-refractivity contribution is 0.0698. The molecular weight excluding hydrogens is 290 g/mol. The Balaban J connectivity index is 2.45. The number of hydrogen-bond donors (Lipinski definition) is 3. The molecule has 0 fully saturated rings. The van der Waals surface area contributed by atoms with E-state index in [2.05, 4.69) is 5.32 Å². The molecular formula is C13H9ClF2N2O2. The lowest BCUT2D eigenvalue weighted by atomic mass is 10.1. The Bertz CT molecular complexity index is 692. The number of anilines is 3. The number of halogens is 3. The Morgan fingerprint density at radius 1 is 1.15 bits per heavy atom. The largest absolute Gasteiger partial charge is 0.478 e. The smallest absolute Gasteiger partial charge is 0.337 e. The number of nitrogens with two attached hydrogens (primary N) is 1. The van der Waals surface area contributed by atoms with E-state index >= 15 is 0 Å². The highest BCUT2D eigenvalue weighted by Gasteiger charge is 2.14. The van der Waals surface area contributed by atoms with Gasteiger partial charge in [-0.05, 0) is 30.3 Å². The van der Waals surface area contributed by atoms with Crippen molar-refractivity contribution in [2.45, 2.75) is 0 Å². The molecule has 0 aliphatic carbocycles. The van der Waals surface area contributed by atoms with Crippen molar-refractivity contribution < 1.29 is 18.7 Å². The monoisotopic (exact) mass is 298 g/mol. The summed E-state index contributed by atoms with van der Waals surface area (Å²) in [7, 11) is 0. The molecule has 0 unspecified atom stereocenters. The Labute approximate surface area is 117 Å². The molecule has 0 aliphatic rings. The van der Waals surface area contributed by atoms with Gasteiger partial charge < -0.3 is 16.2 Å². The maximum atomic E-state index is 13.7. The van der Waals surface area contributed by atoms with Crippen LogP contribution in [0.5, 0.6) is 0 Å². The summed E-state index contributed by atoms with van der Waals surface area (Å²) in [4.78, 5) is 10.9. The highest BCUT2D eigenvalue weighted by molar-refractivity contribution is 6.30. The first-order valence-electron chi connectivity index (χ1n) is 5.43. The van der Waals surface area contributed by atoms with Gasteiger partial charge in [-0.25, -0.2) is 13.6 Å². The molecule has 2 aromatic rings. The summed E-state index contributed by atoms with van der Waals surface area (Å²) >= 11 is 5.72. The SMILES string of the molecule is Nc1cc(F)c(Nc2cc(Cl)ccc2F)cc1C(=O)O. The Morgan fingerprint density at radius 3 is 2.45 bits per heavy atom. The fourth-order valence-corrected chi connectivity index (χ4v) is 1.78. The molecule has 0 atom stereocenters. The number of carboxylic acid groups (broad SMARTS) is 1. The first-order valence-corrected chi connectivity index (χ1v) is 5.80. The quantitative estimate of drug-likeness (QED) is 0.756. The van der Waals surface area contributed by atoms with Crippen LogP contribution in [0.4, 0.5) is 25.8 Å². The van der Waals surface area contributed by atoms with Gasteiger partial charge in [0.2, 0.25) is 0 Å². The van der Waals surface area contributed by atoms with Crippen molar-refractivity contribution in [1.82, 2.24) is 0 Å². The van der Waals surface area contributed by atoms with Crippen LogP contribution in [0.2, 0.25) is 5.02 Å². The third kappa shape index (κ3) is 2.80. The second kappa shape index (κ2) is 5.34. The van der Waals surface area contributed by atoms with Crippen molar-refractivity contribution in [3.63, 3.8) is 0 Å². The number of nitrogen functional groups attached to an aromatic ring is 1. The van der Waals surface area contributed by atoms with Gasteiger partial charge in [-0.2, -0.15) is 0 Å². The number of hydrogen-bond acceptors (Lipinski definition) is 3. The molecule has 0 spiro atoms. The zero-order valence-electron chi connectivity index (χ0n) is 9.95. The number of rotatable bonds is 3. The Hall–Kier alpha value is -2.34. The molecule has 0 saturated heterocycles. The fraction of sp³-hybridized carbons (Fsp3) is 0. The van der Waals surface area contributed by atoms with E-state index in [0.29, 0.717) is 0 Å². The van der Waals surface area contributed by atoms with Gasteiger partial charge in [0.15, 0.2) is 0 Å². The molecule has 0 heterocycles. The zero-order chi connectivity index (χ0) is 14.9. The van der Waals surface area contributed by atoms with Crippen LogP contribution in [0.25, 0.3) is 0 Å². The maximum absolute atomic E-state index is 13.7. The van der Waals surface area contributed by atoms with Gasteiger partial charge >= 0.3 is 5.97 Å². The molecule has 0 radical (unpaired) electrons. The highest BCUT2D eigenvalue weighted by atomic mass is 35.5. The highest BCUT2D eigenvalue weighted by Crippen LogP contribution is 2.28. The van der Waals surface area contributed by atoms with Crippen molar-refractivity contribution in [3.8, 4) is 0 Å².